The van der Waals surface area contributed by atoms with Gasteiger partial charge < -0.3 is 5.73 Å². The predicted octanol–water partition coefficient (Wildman–Crippen LogP) is 2.32. The second kappa shape index (κ2) is 7.39. The van der Waals surface area contributed by atoms with Crippen LogP contribution in [0, 0.1) is 5.92 Å². The van der Waals surface area contributed by atoms with E-state index in [1.54, 1.807) is 0 Å². The summed E-state index contributed by atoms with van der Waals surface area (Å²) < 4.78 is 0. The van der Waals surface area contributed by atoms with Gasteiger partial charge in [-0.25, -0.2) is 0 Å². The van der Waals surface area contributed by atoms with Crippen LogP contribution in [0.1, 0.15) is 31.2 Å². The lowest BCUT2D eigenvalue weighted by Gasteiger charge is -2.42. The van der Waals surface area contributed by atoms with Crippen LogP contribution in [0.25, 0.3) is 0 Å². The van der Waals surface area contributed by atoms with Crippen molar-refractivity contribution in [3.63, 3.8) is 0 Å². The van der Waals surface area contributed by atoms with Crippen LogP contribution >= 0.6 is 0 Å². The van der Waals surface area contributed by atoms with E-state index in [0.717, 1.165) is 25.0 Å². The number of hydrogen-bond donors (Lipinski definition) is 1. The summed E-state index contributed by atoms with van der Waals surface area (Å²) in [6.45, 7) is 6.98. The van der Waals surface area contributed by atoms with Crippen molar-refractivity contribution in [2.45, 2.75) is 38.3 Å². The molecule has 3 nitrogen and oxygen atoms in total. The zero-order valence-corrected chi connectivity index (χ0v) is 13.1. The molecule has 2 aliphatic rings. The molecule has 116 valence electrons. The average molecular weight is 287 g/mol. The van der Waals surface area contributed by atoms with Gasteiger partial charge in [0.1, 0.15) is 0 Å². The van der Waals surface area contributed by atoms with E-state index in [0.29, 0.717) is 0 Å². The summed E-state index contributed by atoms with van der Waals surface area (Å²) in [5.41, 5.74) is 7.31. The first-order valence-electron chi connectivity index (χ1n) is 8.55. The van der Waals surface area contributed by atoms with Crippen molar-refractivity contribution < 1.29 is 0 Å². The topological polar surface area (TPSA) is 32.5 Å². The smallest absolute Gasteiger partial charge is 0.0233 e. The van der Waals surface area contributed by atoms with Gasteiger partial charge in [0, 0.05) is 19.1 Å². The van der Waals surface area contributed by atoms with Gasteiger partial charge in [0.05, 0.1) is 0 Å². The molecule has 2 N–H and O–H groups in total. The van der Waals surface area contributed by atoms with Gasteiger partial charge in [-0.15, -0.1) is 0 Å². The van der Waals surface area contributed by atoms with Crippen LogP contribution in [0.15, 0.2) is 30.3 Å². The van der Waals surface area contributed by atoms with Crippen LogP contribution in [0.3, 0.4) is 0 Å². The highest BCUT2D eigenvalue weighted by Crippen LogP contribution is 2.24. The molecule has 21 heavy (non-hydrogen) atoms. The largest absolute Gasteiger partial charge is 0.330 e. The van der Waals surface area contributed by atoms with E-state index in [9.17, 15) is 0 Å². The molecule has 2 heterocycles. The first-order chi connectivity index (χ1) is 10.3. The van der Waals surface area contributed by atoms with Crippen molar-refractivity contribution in [1.29, 1.82) is 0 Å². The number of benzene rings is 1. The number of rotatable bonds is 4. The molecule has 0 aromatic heterocycles. The molecule has 0 amide bonds. The van der Waals surface area contributed by atoms with Crippen molar-refractivity contribution >= 4 is 0 Å². The molecule has 0 radical (unpaired) electrons. The maximum Gasteiger partial charge on any atom is 0.0233 e. The van der Waals surface area contributed by atoms with Crippen molar-refractivity contribution in [3.05, 3.63) is 35.9 Å². The van der Waals surface area contributed by atoms with Crippen LogP contribution in [-0.4, -0.2) is 48.6 Å². The molecule has 0 aliphatic carbocycles. The van der Waals surface area contributed by atoms with Crippen LogP contribution in [0.2, 0.25) is 0 Å². The molecule has 1 aromatic carbocycles. The second-order valence-electron chi connectivity index (χ2n) is 6.73. The van der Waals surface area contributed by atoms with Gasteiger partial charge >= 0.3 is 0 Å². The van der Waals surface area contributed by atoms with Gasteiger partial charge in [-0.3, -0.25) is 9.80 Å². The summed E-state index contributed by atoms with van der Waals surface area (Å²) in [4.78, 5) is 5.33. The fourth-order valence-electron chi connectivity index (χ4n) is 3.91. The van der Waals surface area contributed by atoms with Gasteiger partial charge in [-0.2, -0.15) is 0 Å². The highest BCUT2D eigenvalue weighted by Gasteiger charge is 2.28. The Morgan fingerprint density at radius 1 is 1.00 bits per heavy atom. The lowest BCUT2D eigenvalue weighted by atomic mass is 9.94. The summed E-state index contributed by atoms with van der Waals surface area (Å²) in [5, 5.41) is 0. The Bertz CT molecular complexity index is 412. The lowest BCUT2D eigenvalue weighted by Crippen LogP contribution is -2.49. The minimum atomic E-state index is 0.737. The second-order valence-corrected chi connectivity index (χ2v) is 6.73. The van der Waals surface area contributed by atoms with E-state index < -0.39 is 0 Å². The highest BCUT2D eigenvalue weighted by atomic mass is 15.2. The van der Waals surface area contributed by atoms with Crippen molar-refractivity contribution in [2.24, 2.45) is 11.7 Å². The first kappa shape index (κ1) is 15.0. The highest BCUT2D eigenvalue weighted by molar-refractivity contribution is 5.14. The summed E-state index contributed by atoms with van der Waals surface area (Å²) in [5.74, 6) is 0.737. The quantitative estimate of drug-likeness (QED) is 0.922. The number of hydrogen-bond acceptors (Lipinski definition) is 3. The van der Waals surface area contributed by atoms with Gasteiger partial charge in [0.25, 0.3) is 0 Å². The van der Waals surface area contributed by atoms with Gasteiger partial charge in [0.2, 0.25) is 0 Å². The Kier molecular flexibility index (Phi) is 5.28. The third-order valence-electron chi connectivity index (χ3n) is 5.21. The number of piperidine rings is 2. The Morgan fingerprint density at radius 3 is 2.48 bits per heavy atom. The molecule has 2 saturated heterocycles. The van der Waals surface area contributed by atoms with Crippen LogP contribution in [-0.2, 0) is 6.54 Å². The molecular formula is C18H29N3. The third-order valence-corrected chi connectivity index (χ3v) is 5.21. The fraction of sp³-hybridized carbons (Fsp3) is 0.667. The lowest BCUT2D eigenvalue weighted by molar-refractivity contribution is 0.0709. The molecule has 2 fully saturated rings. The Balaban J connectivity index is 1.46. The zero-order chi connectivity index (χ0) is 14.5. The van der Waals surface area contributed by atoms with Crippen molar-refractivity contribution in [2.75, 3.05) is 32.7 Å². The third kappa shape index (κ3) is 4.06. The van der Waals surface area contributed by atoms with Crippen LogP contribution < -0.4 is 5.73 Å². The molecule has 0 unspecified atom stereocenters. The van der Waals surface area contributed by atoms with E-state index in [1.807, 2.05) is 0 Å². The molecule has 0 saturated carbocycles. The first-order valence-corrected chi connectivity index (χ1v) is 8.55. The van der Waals surface area contributed by atoms with E-state index >= 15 is 0 Å². The molecule has 1 aromatic rings. The SMILES string of the molecule is NC[C@H]1CCCN(C2CCN(Cc3ccccc3)CC2)C1. The summed E-state index contributed by atoms with van der Waals surface area (Å²) in [6.07, 6.45) is 5.32. The van der Waals surface area contributed by atoms with E-state index in [4.69, 9.17) is 5.73 Å². The Morgan fingerprint density at radius 2 is 1.76 bits per heavy atom. The zero-order valence-electron chi connectivity index (χ0n) is 13.1. The predicted molar refractivity (Wildman–Crippen MR) is 88.1 cm³/mol. The standard InChI is InChI=1S/C18H29N3/c19-13-17-7-4-10-21(15-17)18-8-11-20(12-9-18)14-16-5-2-1-3-6-16/h1-3,5-6,17-18H,4,7-15,19H2/t17-/m1/s1. The minimum absolute atomic E-state index is 0.737. The minimum Gasteiger partial charge on any atom is -0.330 e. The van der Waals surface area contributed by atoms with Gasteiger partial charge in [0.15, 0.2) is 0 Å². The molecule has 2 aliphatic heterocycles. The summed E-state index contributed by atoms with van der Waals surface area (Å²) in [7, 11) is 0. The molecule has 3 heteroatoms. The molecular weight excluding hydrogens is 258 g/mol. The maximum absolute atomic E-state index is 5.87. The van der Waals surface area contributed by atoms with Gasteiger partial charge in [-0.1, -0.05) is 30.3 Å². The summed E-state index contributed by atoms with van der Waals surface area (Å²) in [6, 6.07) is 11.7. The average Bonchev–Trinajstić information content (AvgIpc) is 2.56. The van der Waals surface area contributed by atoms with Crippen molar-refractivity contribution in [1.82, 2.24) is 9.80 Å². The molecule has 1 atom stereocenters. The number of likely N-dealkylation sites (tertiary alicyclic amines) is 2. The Labute approximate surface area is 129 Å². The Hall–Kier alpha value is -0.900. The molecule has 0 spiro atoms. The van der Waals surface area contributed by atoms with Crippen molar-refractivity contribution in [3.8, 4) is 0 Å². The van der Waals surface area contributed by atoms with E-state index in [2.05, 4.69) is 40.1 Å². The monoisotopic (exact) mass is 287 g/mol. The summed E-state index contributed by atoms with van der Waals surface area (Å²) >= 11 is 0. The number of nitrogens with zero attached hydrogens (tertiary/aromatic N) is 2. The van der Waals surface area contributed by atoms with E-state index in [1.165, 1.54) is 57.4 Å². The normalized spacial score (nSPS) is 26.0. The van der Waals surface area contributed by atoms with E-state index in [-0.39, 0.29) is 0 Å². The molecule has 3 rings (SSSR count). The van der Waals surface area contributed by atoms with Gasteiger partial charge in [-0.05, 0) is 63.3 Å². The molecule has 0 bridgehead atoms. The fourth-order valence-corrected chi connectivity index (χ4v) is 3.91. The number of nitrogens with two attached hydrogens (primary N) is 1. The van der Waals surface area contributed by atoms with Crippen LogP contribution in [0.4, 0.5) is 0 Å². The maximum atomic E-state index is 5.87. The van der Waals surface area contributed by atoms with Crippen LogP contribution in [0.5, 0.6) is 0 Å².